The number of pyridine rings is 1. The summed E-state index contributed by atoms with van der Waals surface area (Å²) in [6, 6.07) is 28.9. The zero-order chi connectivity index (χ0) is 30.6. The lowest BCUT2D eigenvalue weighted by molar-refractivity contribution is 1.07. The second-order valence-corrected chi connectivity index (χ2v) is 9.26. The van der Waals surface area contributed by atoms with Crippen LogP contribution in [0.1, 0.15) is 16.7 Å². The van der Waals surface area contributed by atoms with Gasteiger partial charge in [-0.15, -0.1) is 0 Å². The highest BCUT2D eigenvalue weighted by Gasteiger charge is 2.20. The van der Waals surface area contributed by atoms with E-state index < -0.39 is 0 Å². The summed E-state index contributed by atoms with van der Waals surface area (Å²) in [5.41, 5.74) is 3.57. The number of aromatic nitrogens is 4. The molecule has 0 saturated carbocycles. The second-order valence-electron chi connectivity index (χ2n) is 9.26. The standard InChI is InChI=1S/C33H13N11/c34-13-19-10-20(14-35)12-24(11-19)31-42-30(22-5-3-21(4-6-22)23-2-1-9-39-18-23)43-33(44-31)26-7-8-28-29(27(26)17-38)41-32(40-28)25(15-36)16-37/h1-12,18H. The van der Waals surface area contributed by atoms with Gasteiger partial charge in [-0.05, 0) is 47.5 Å². The fourth-order valence-corrected chi connectivity index (χ4v) is 4.55. The first-order valence-corrected chi connectivity index (χ1v) is 12.8. The van der Waals surface area contributed by atoms with Crippen LogP contribution in [0.25, 0.3) is 45.3 Å². The minimum absolute atomic E-state index is 0.0817. The Labute approximate surface area is 249 Å². The number of hydrogen-bond donors (Lipinski definition) is 0. The van der Waals surface area contributed by atoms with Gasteiger partial charge >= 0.3 is 0 Å². The van der Waals surface area contributed by atoms with Crippen LogP contribution in [0.15, 0.2) is 101 Å². The molecule has 2 aromatic heterocycles. The van der Waals surface area contributed by atoms with Gasteiger partial charge in [0.25, 0.3) is 0 Å². The van der Waals surface area contributed by atoms with Crippen molar-refractivity contribution in [2.24, 2.45) is 9.98 Å². The third-order valence-corrected chi connectivity index (χ3v) is 6.62. The summed E-state index contributed by atoms with van der Waals surface area (Å²) in [6.45, 7) is 0. The van der Waals surface area contributed by atoms with Crippen molar-refractivity contribution < 1.29 is 0 Å². The SMILES string of the molecule is N#CC(C#N)=C1N=c2ccc(-c3nc(-c4ccc(-c5cccnc5)cc4)nc(-c4cc(C#N)cc(C#N)c4)n3)c(C#N)c2=N1. The zero-order valence-electron chi connectivity index (χ0n) is 22.4. The van der Waals surface area contributed by atoms with Gasteiger partial charge < -0.3 is 0 Å². The van der Waals surface area contributed by atoms with Crippen molar-refractivity contribution in [3.8, 4) is 75.6 Å². The van der Waals surface area contributed by atoms with E-state index in [-0.39, 0.29) is 50.9 Å². The molecule has 3 aromatic carbocycles. The molecule has 0 atom stereocenters. The molecule has 0 aliphatic carbocycles. The molecule has 0 amide bonds. The Morgan fingerprint density at radius 2 is 1.25 bits per heavy atom. The topological polar surface area (TPSA) is 195 Å². The molecule has 0 unspecified atom stereocenters. The Hall–Kier alpha value is -7.39. The molecule has 44 heavy (non-hydrogen) atoms. The molecule has 11 nitrogen and oxygen atoms in total. The molecule has 0 fully saturated rings. The summed E-state index contributed by atoms with van der Waals surface area (Å²) in [4.78, 5) is 26.7. The maximum absolute atomic E-state index is 10.2. The van der Waals surface area contributed by atoms with Crippen LogP contribution in [0.5, 0.6) is 0 Å². The van der Waals surface area contributed by atoms with Gasteiger partial charge in [0.1, 0.15) is 23.6 Å². The molecule has 0 N–H and O–H groups in total. The van der Waals surface area contributed by atoms with Crippen LogP contribution in [-0.4, -0.2) is 19.9 Å². The van der Waals surface area contributed by atoms with E-state index in [1.807, 2.05) is 36.4 Å². The molecule has 0 radical (unpaired) electrons. The third kappa shape index (κ3) is 4.87. The molecule has 5 aromatic rings. The van der Waals surface area contributed by atoms with Crippen LogP contribution in [-0.2, 0) is 0 Å². The number of rotatable bonds is 4. The largest absolute Gasteiger partial charge is 0.264 e. The van der Waals surface area contributed by atoms with E-state index in [4.69, 9.17) is 4.98 Å². The first kappa shape index (κ1) is 26.8. The van der Waals surface area contributed by atoms with Crippen LogP contribution >= 0.6 is 0 Å². The van der Waals surface area contributed by atoms with Crippen LogP contribution < -0.4 is 10.7 Å². The molecular formula is C33H13N11. The summed E-state index contributed by atoms with van der Waals surface area (Å²) in [5, 5.41) is 48.3. The Balaban J connectivity index is 1.58. The molecule has 200 valence electrons. The third-order valence-electron chi connectivity index (χ3n) is 6.62. The van der Waals surface area contributed by atoms with Crippen LogP contribution in [0, 0.1) is 56.7 Å². The first-order valence-electron chi connectivity index (χ1n) is 12.8. The lowest BCUT2D eigenvalue weighted by atomic mass is 10.0. The molecule has 1 aliphatic rings. The molecule has 3 heterocycles. The number of fused-ring (bicyclic) bond motifs is 1. The summed E-state index contributed by atoms with van der Waals surface area (Å²) in [6.07, 6.45) is 3.46. The number of nitriles is 5. The van der Waals surface area contributed by atoms with E-state index >= 15 is 0 Å². The predicted octanol–water partition coefficient (Wildman–Crippen LogP) is 4.06. The minimum atomic E-state index is -0.281. The number of benzene rings is 3. The normalized spacial score (nSPS) is 10.9. The van der Waals surface area contributed by atoms with Gasteiger partial charge in [-0.25, -0.2) is 24.9 Å². The lowest BCUT2D eigenvalue weighted by Crippen LogP contribution is -2.25. The van der Waals surface area contributed by atoms with E-state index in [0.29, 0.717) is 22.0 Å². The number of allylic oxidation sites excluding steroid dienone is 1. The van der Waals surface area contributed by atoms with Gasteiger partial charge in [0.15, 0.2) is 28.9 Å². The highest BCUT2D eigenvalue weighted by Crippen LogP contribution is 2.28. The van der Waals surface area contributed by atoms with Gasteiger partial charge in [-0.1, -0.05) is 30.3 Å². The summed E-state index contributed by atoms with van der Waals surface area (Å²) in [5.74, 6) is 0.515. The maximum Gasteiger partial charge on any atom is 0.182 e. The van der Waals surface area contributed by atoms with Crippen molar-refractivity contribution in [2.75, 3.05) is 0 Å². The van der Waals surface area contributed by atoms with Crippen molar-refractivity contribution in [3.05, 3.63) is 118 Å². The fourth-order valence-electron chi connectivity index (χ4n) is 4.55. The average Bonchev–Trinajstić information content (AvgIpc) is 3.52. The zero-order valence-corrected chi connectivity index (χ0v) is 22.4. The molecule has 6 rings (SSSR count). The van der Waals surface area contributed by atoms with E-state index in [9.17, 15) is 26.3 Å². The van der Waals surface area contributed by atoms with Crippen LogP contribution in [0.2, 0.25) is 0 Å². The van der Waals surface area contributed by atoms with Gasteiger partial charge in [0, 0.05) is 29.1 Å². The van der Waals surface area contributed by atoms with Crippen molar-refractivity contribution >= 4 is 0 Å². The quantitative estimate of drug-likeness (QED) is 0.290. The van der Waals surface area contributed by atoms with Gasteiger partial charge in [0.05, 0.1) is 34.2 Å². The molecular weight excluding hydrogens is 550 g/mol. The highest BCUT2D eigenvalue weighted by atomic mass is 15.0. The predicted molar refractivity (Wildman–Crippen MR) is 154 cm³/mol. The van der Waals surface area contributed by atoms with Crippen molar-refractivity contribution in [1.82, 2.24) is 19.9 Å². The molecule has 1 aliphatic heterocycles. The van der Waals surface area contributed by atoms with Gasteiger partial charge in [-0.3, -0.25) is 4.98 Å². The maximum atomic E-state index is 10.2. The number of hydrogen-bond acceptors (Lipinski definition) is 11. The molecule has 11 heteroatoms. The Kier molecular flexibility index (Phi) is 6.85. The van der Waals surface area contributed by atoms with Crippen molar-refractivity contribution in [2.45, 2.75) is 0 Å². The minimum Gasteiger partial charge on any atom is -0.264 e. The van der Waals surface area contributed by atoms with Gasteiger partial charge in [0.2, 0.25) is 0 Å². The highest BCUT2D eigenvalue weighted by molar-refractivity contribution is 5.72. The lowest BCUT2D eigenvalue weighted by Gasteiger charge is -2.10. The fraction of sp³-hybridized carbons (Fsp3) is 0. The summed E-state index contributed by atoms with van der Waals surface area (Å²) in [7, 11) is 0. The van der Waals surface area contributed by atoms with Crippen LogP contribution in [0.4, 0.5) is 0 Å². The molecule has 0 bridgehead atoms. The summed E-state index contributed by atoms with van der Waals surface area (Å²) >= 11 is 0. The average molecular weight is 564 g/mol. The smallest absolute Gasteiger partial charge is 0.182 e. The van der Waals surface area contributed by atoms with E-state index in [1.165, 1.54) is 6.07 Å². The van der Waals surface area contributed by atoms with E-state index in [1.54, 1.807) is 48.8 Å². The first-order chi connectivity index (χ1) is 21.5. The number of nitrogens with zero attached hydrogens (tertiary/aromatic N) is 11. The Bertz CT molecular complexity index is 2330. The molecule has 0 spiro atoms. The monoisotopic (exact) mass is 563 g/mol. The Morgan fingerprint density at radius 1 is 0.591 bits per heavy atom. The van der Waals surface area contributed by atoms with Crippen LogP contribution in [0.3, 0.4) is 0 Å². The molecule has 0 saturated heterocycles. The Morgan fingerprint density at radius 3 is 1.86 bits per heavy atom. The second kappa shape index (κ2) is 11.2. The van der Waals surface area contributed by atoms with Gasteiger partial charge in [-0.2, -0.15) is 26.3 Å². The van der Waals surface area contributed by atoms with E-state index in [0.717, 1.165) is 11.1 Å². The van der Waals surface area contributed by atoms with Crippen molar-refractivity contribution in [3.63, 3.8) is 0 Å². The van der Waals surface area contributed by atoms with Crippen molar-refractivity contribution in [1.29, 1.82) is 26.3 Å². The van der Waals surface area contributed by atoms with E-state index in [2.05, 4.69) is 43.1 Å². The summed E-state index contributed by atoms with van der Waals surface area (Å²) < 4.78 is 0.